The number of pyridine rings is 1. The molecule has 0 amide bonds. The lowest BCUT2D eigenvalue weighted by Crippen LogP contribution is -2.24. The van der Waals surface area contributed by atoms with Crippen molar-refractivity contribution in [3.63, 3.8) is 0 Å². The van der Waals surface area contributed by atoms with Gasteiger partial charge in [0.05, 0.1) is 17.6 Å². The van der Waals surface area contributed by atoms with Crippen LogP contribution in [-0.4, -0.2) is 45.8 Å². The molecule has 5 aromatic rings. The van der Waals surface area contributed by atoms with Gasteiger partial charge in [0.1, 0.15) is 23.0 Å². The van der Waals surface area contributed by atoms with E-state index in [-0.39, 0.29) is 11.6 Å². The molecule has 1 unspecified atom stereocenters. The van der Waals surface area contributed by atoms with Crippen molar-refractivity contribution in [2.24, 2.45) is 0 Å². The molecule has 198 valence electrons. The van der Waals surface area contributed by atoms with E-state index in [1.54, 1.807) is 22.8 Å². The maximum Gasteiger partial charge on any atom is 0.311 e. The van der Waals surface area contributed by atoms with Gasteiger partial charge in [0, 0.05) is 38.2 Å². The Kier molecular flexibility index (Phi) is 6.57. The maximum absolute atomic E-state index is 13.5. The lowest BCUT2D eigenvalue weighted by atomic mass is 10.0. The molecule has 13 heteroatoms. The van der Waals surface area contributed by atoms with Gasteiger partial charge >= 0.3 is 5.97 Å². The Hall–Kier alpha value is -3.80. The number of aryl methyl sites for hydroxylation is 1. The van der Waals surface area contributed by atoms with E-state index in [4.69, 9.17) is 28.2 Å². The van der Waals surface area contributed by atoms with Gasteiger partial charge < -0.3 is 14.7 Å². The largest absolute Gasteiger partial charge is 0.481 e. The van der Waals surface area contributed by atoms with E-state index in [0.717, 1.165) is 21.7 Å². The number of H-pyrrole nitrogens is 1. The number of hydrogen-bond donors (Lipinski definition) is 2. The molecule has 0 saturated heterocycles. The molecular formula is C26H21Cl2N7O3S. The number of imidazole rings is 1. The van der Waals surface area contributed by atoms with Crippen LogP contribution in [0.2, 0.25) is 10.2 Å². The lowest BCUT2D eigenvalue weighted by Gasteiger charge is -2.15. The van der Waals surface area contributed by atoms with Gasteiger partial charge in [-0.25, -0.2) is 4.98 Å². The molecule has 4 aromatic heterocycles. The summed E-state index contributed by atoms with van der Waals surface area (Å²) in [6, 6.07) is 10.4. The van der Waals surface area contributed by atoms with Crippen LogP contribution in [0.25, 0.3) is 28.1 Å². The number of halogens is 2. The Labute approximate surface area is 235 Å². The van der Waals surface area contributed by atoms with Crippen LogP contribution in [0, 0.1) is 0 Å². The highest BCUT2D eigenvalue weighted by molar-refractivity contribution is 7.10. The van der Waals surface area contributed by atoms with E-state index in [9.17, 15) is 14.7 Å². The molecule has 39 heavy (non-hydrogen) atoms. The van der Waals surface area contributed by atoms with Gasteiger partial charge in [-0.3, -0.25) is 9.59 Å². The molecule has 2 atom stereocenters. The van der Waals surface area contributed by atoms with E-state index in [1.165, 1.54) is 22.3 Å². The van der Waals surface area contributed by atoms with Crippen molar-refractivity contribution in [2.75, 3.05) is 0 Å². The van der Waals surface area contributed by atoms with E-state index >= 15 is 0 Å². The molecule has 6 rings (SSSR count). The van der Waals surface area contributed by atoms with Gasteiger partial charge in [0.25, 0.3) is 5.56 Å². The van der Waals surface area contributed by atoms with E-state index in [0.29, 0.717) is 52.2 Å². The molecule has 0 radical (unpaired) electrons. The molecular weight excluding hydrogens is 561 g/mol. The van der Waals surface area contributed by atoms with E-state index in [1.807, 2.05) is 30.5 Å². The summed E-state index contributed by atoms with van der Waals surface area (Å²) in [7, 11) is 0. The molecule has 0 spiro atoms. The topological polar surface area (TPSA) is 132 Å². The summed E-state index contributed by atoms with van der Waals surface area (Å²) >= 11 is 14.2. The Morgan fingerprint density at radius 2 is 2.08 bits per heavy atom. The fourth-order valence-electron chi connectivity index (χ4n) is 5.10. The second kappa shape index (κ2) is 10.1. The SMILES string of the molecule is CCC(C(=O)O)c1cc(-c2nc([C@@H]3CCc4cc(-c5cc(Cl)ccc5-n5cnnn5)cc(=O)n43)[nH]c2Cl)cs1. The lowest BCUT2D eigenvalue weighted by molar-refractivity contribution is -0.138. The molecule has 5 heterocycles. The van der Waals surface area contributed by atoms with Crippen molar-refractivity contribution in [1.29, 1.82) is 0 Å². The predicted molar refractivity (Wildman–Crippen MR) is 148 cm³/mol. The number of rotatable bonds is 7. The van der Waals surface area contributed by atoms with Crippen LogP contribution in [0.4, 0.5) is 0 Å². The van der Waals surface area contributed by atoms with Crippen LogP contribution < -0.4 is 5.56 Å². The number of nitrogens with one attached hydrogen (secondary N) is 1. The molecule has 1 aliphatic heterocycles. The summed E-state index contributed by atoms with van der Waals surface area (Å²) in [5.74, 6) is -0.848. The average Bonchev–Trinajstić information content (AvgIpc) is 3.71. The number of tetrazole rings is 1. The van der Waals surface area contributed by atoms with E-state index < -0.39 is 11.9 Å². The fraction of sp³-hybridized carbons (Fsp3) is 0.231. The van der Waals surface area contributed by atoms with Crippen LogP contribution in [0.1, 0.15) is 48.1 Å². The van der Waals surface area contributed by atoms with E-state index in [2.05, 4.69) is 20.5 Å². The van der Waals surface area contributed by atoms with Crippen LogP contribution in [0.3, 0.4) is 0 Å². The molecule has 0 aliphatic carbocycles. The number of aliphatic carboxylic acids is 1. The minimum Gasteiger partial charge on any atom is -0.481 e. The summed E-state index contributed by atoms with van der Waals surface area (Å²) in [6.07, 6.45) is 3.32. The monoisotopic (exact) mass is 581 g/mol. The normalized spacial score (nSPS) is 15.4. The number of hydrogen-bond acceptors (Lipinski definition) is 7. The molecule has 1 aliphatic rings. The van der Waals surface area contributed by atoms with Crippen molar-refractivity contribution < 1.29 is 9.90 Å². The number of benzene rings is 1. The second-order valence-electron chi connectivity index (χ2n) is 9.24. The zero-order valence-corrected chi connectivity index (χ0v) is 22.8. The quantitative estimate of drug-likeness (QED) is 0.264. The van der Waals surface area contributed by atoms with Crippen molar-refractivity contribution >= 4 is 40.5 Å². The number of carbonyl (C=O) groups is 1. The molecule has 0 fully saturated rings. The predicted octanol–water partition coefficient (Wildman–Crippen LogP) is 5.36. The third-order valence-corrected chi connectivity index (χ3v) is 8.49. The summed E-state index contributed by atoms with van der Waals surface area (Å²) < 4.78 is 3.26. The summed E-state index contributed by atoms with van der Waals surface area (Å²) in [5, 5.41) is 23.7. The first-order chi connectivity index (χ1) is 18.8. The number of carboxylic acid groups (broad SMARTS) is 1. The highest BCUT2D eigenvalue weighted by Crippen LogP contribution is 2.38. The molecule has 1 aromatic carbocycles. The number of nitrogens with zero attached hydrogens (tertiary/aromatic N) is 6. The van der Waals surface area contributed by atoms with Gasteiger partial charge in [-0.05, 0) is 65.6 Å². The number of fused-ring (bicyclic) bond motifs is 1. The summed E-state index contributed by atoms with van der Waals surface area (Å²) in [5.41, 5.74) is 4.14. The van der Waals surface area contributed by atoms with Gasteiger partial charge in [-0.1, -0.05) is 30.1 Å². The Balaban J connectivity index is 1.35. The zero-order chi connectivity index (χ0) is 27.3. The third-order valence-electron chi connectivity index (χ3n) is 6.94. The highest BCUT2D eigenvalue weighted by Gasteiger charge is 2.30. The molecule has 2 N–H and O–H groups in total. The van der Waals surface area contributed by atoms with Gasteiger partial charge in [0.2, 0.25) is 0 Å². The number of thiophene rings is 1. The highest BCUT2D eigenvalue weighted by atomic mass is 35.5. The smallest absolute Gasteiger partial charge is 0.311 e. The zero-order valence-electron chi connectivity index (χ0n) is 20.5. The maximum atomic E-state index is 13.5. The van der Waals surface area contributed by atoms with Crippen molar-refractivity contribution in [1.82, 2.24) is 34.7 Å². The van der Waals surface area contributed by atoms with Gasteiger partial charge in [-0.2, -0.15) is 4.68 Å². The van der Waals surface area contributed by atoms with Gasteiger partial charge in [0.15, 0.2) is 0 Å². The Morgan fingerprint density at radius 3 is 2.82 bits per heavy atom. The number of aromatic nitrogens is 7. The molecule has 0 bridgehead atoms. The van der Waals surface area contributed by atoms with Gasteiger partial charge in [-0.15, -0.1) is 16.4 Å². The first-order valence-corrected chi connectivity index (χ1v) is 13.8. The fourth-order valence-corrected chi connectivity index (χ4v) is 6.59. The number of carboxylic acids is 1. The Morgan fingerprint density at radius 1 is 1.23 bits per heavy atom. The van der Waals surface area contributed by atoms with Crippen LogP contribution in [0.5, 0.6) is 0 Å². The van der Waals surface area contributed by atoms with Crippen molar-refractivity contribution in [2.45, 2.75) is 38.1 Å². The third kappa shape index (κ3) is 4.56. The number of aromatic amines is 1. The van der Waals surface area contributed by atoms with Crippen LogP contribution in [-0.2, 0) is 11.2 Å². The first kappa shape index (κ1) is 25.5. The summed E-state index contributed by atoms with van der Waals surface area (Å²) in [4.78, 5) is 33.7. The van der Waals surface area contributed by atoms with Crippen LogP contribution >= 0.6 is 34.5 Å². The Bertz CT molecular complexity index is 1760. The molecule has 10 nitrogen and oxygen atoms in total. The minimum atomic E-state index is -0.858. The molecule has 0 saturated carbocycles. The summed E-state index contributed by atoms with van der Waals surface area (Å²) in [6.45, 7) is 1.84. The first-order valence-electron chi connectivity index (χ1n) is 12.2. The average molecular weight is 582 g/mol. The van der Waals surface area contributed by atoms with Crippen molar-refractivity contribution in [3.8, 4) is 28.1 Å². The van der Waals surface area contributed by atoms with Crippen LogP contribution in [0.15, 0.2) is 52.9 Å². The minimum absolute atomic E-state index is 0.174. The second-order valence-corrected chi connectivity index (χ2v) is 11.0. The van der Waals surface area contributed by atoms with Crippen molar-refractivity contribution in [3.05, 3.63) is 85.0 Å². The standard InChI is InChI=1S/C26H21Cl2N7O3S/c1-2-17(26(37)38)21-8-14(11-39-21)23-24(28)31-25(30-23)20-6-4-16-7-13(9-22(36)35(16)20)18-10-15(27)3-5-19(18)34-12-29-32-33-34/h3,5,7-12,17,20H,2,4,6H2,1H3,(H,30,31)(H,37,38)/t17?,20-/m0/s1.